The molecule has 0 fully saturated rings. The number of carbonyl (C=O) groups is 1. The van der Waals surface area contributed by atoms with Crippen LogP contribution in [0.1, 0.15) is 10.4 Å². The summed E-state index contributed by atoms with van der Waals surface area (Å²) in [7, 11) is 2.89. The molecule has 2 rings (SSSR count). The van der Waals surface area contributed by atoms with Crippen molar-refractivity contribution < 1.29 is 19.3 Å². The molecule has 0 aliphatic carbocycles. The van der Waals surface area contributed by atoms with Crippen molar-refractivity contribution in [3.63, 3.8) is 0 Å². The van der Waals surface area contributed by atoms with Crippen LogP contribution in [0.15, 0.2) is 36.4 Å². The Hall–Kier alpha value is -2.07. The van der Waals surface area contributed by atoms with Crippen molar-refractivity contribution in [1.82, 2.24) is 0 Å². The number of rotatable bonds is 3. The largest absolute Gasteiger partial charge is 0.496 e. The molecule has 17 heavy (non-hydrogen) atoms. The molecule has 2 aromatic carbocycles. The Morgan fingerprint density at radius 3 is 2.41 bits per heavy atom. The molecule has 0 aliphatic heterocycles. The summed E-state index contributed by atoms with van der Waals surface area (Å²) in [6.07, 6.45) is 0. The highest BCUT2D eigenvalue weighted by molar-refractivity contribution is 6.05. The quantitative estimate of drug-likeness (QED) is 0.602. The Balaban J connectivity index is 2.62. The lowest BCUT2D eigenvalue weighted by molar-refractivity contribution is -0.216. The van der Waals surface area contributed by atoms with E-state index in [0.717, 1.165) is 16.5 Å². The third kappa shape index (κ3) is 2.07. The summed E-state index contributed by atoms with van der Waals surface area (Å²) in [5, 5.41) is 1.63. The fourth-order valence-electron chi connectivity index (χ4n) is 1.76. The molecule has 0 bridgehead atoms. The molecule has 0 aromatic heterocycles. The van der Waals surface area contributed by atoms with Crippen LogP contribution in [-0.2, 0) is 9.78 Å². The number of hydrogen-bond acceptors (Lipinski definition) is 4. The summed E-state index contributed by atoms with van der Waals surface area (Å²) in [6.45, 7) is 0. The van der Waals surface area contributed by atoms with Crippen LogP contribution in [0.5, 0.6) is 5.75 Å². The van der Waals surface area contributed by atoms with E-state index in [1.807, 2.05) is 24.3 Å². The van der Waals surface area contributed by atoms with Gasteiger partial charge in [0.05, 0.1) is 19.8 Å². The second kappa shape index (κ2) is 4.84. The number of fused-ring (bicyclic) bond motifs is 1. The van der Waals surface area contributed by atoms with E-state index in [0.29, 0.717) is 5.56 Å². The Labute approximate surface area is 98.6 Å². The van der Waals surface area contributed by atoms with Gasteiger partial charge in [0.25, 0.3) is 0 Å². The van der Waals surface area contributed by atoms with E-state index in [1.54, 1.807) is 19.2 Å². The van der Waals surface area contributed by atoms with Crippen LogP contribution in [0.4, 0.5) is 0 Å². The van der Waals surface area contributed by atoms with E-state index < -0.39 is 5.97 Å². The van der Waals surface area contributed by atoms with Crippen molar-refractivity contribution in [2.45, 2.75) is 0 Å². The molecule has 0 spiro atoms. The second-order valence-electron chi connectivity index (χ2n) is 3.40. The van der Waals surface area contributed by atoms with Gasteiger partial charge in [-0.25, -0.2) is 4.79 Å². The second-order valence-corrected chi connectivity index (χ2v) is 3.40. The Morgan fingerprint density at radius 2 is 1.71 bits per heavy atom. The van der Waals surface area contributed by atoms with Gasteiger partial charge >= 0.3 is 5.97 Å². The summed E-state index contributed by atoms with van der Waals surface area (Å²) in [4.78, 5) is 20.6. The molecule has 0 aliphatic rings. The summed E-state index contributed by atoms with van der Waals surface area (Å²) >= 11 is 0. The molecule has 0 unspecified atom stereocenters. The van der Waals surface area contributed by atoms with E-state index in [4.69, 9.17) is 4.74 Å². The highest BCUT2D eigenvalue weighted by atomic mass is 17.2. The third-order valence-electron chi connectivity index (χ3n) is 2.48. The highest BCUT2D eigenvalue weighted by Gasteiger charge is 2.13. The summed E-state index contributed by atoms with van der Waals surface area (Å²) in [5.74, 6) is 0.195. The lowest BCUT2D eigenvalue weighted by Crippen LogP contribution is -2.04. The smallest absolute Gasteiger partial charge is 0.373 e. The fraction of sp³-hybridized carbons (Fsp3) is 0.154. The van der Waals surface area contributed by atoms with Crippen LogP contribution in [-0.4, -0.2) is 20.2 Å². The molecule has 4 nitrogen and oxygen atoms in total. The van der Waals surface area contributed by atoms with E-state index in [-0.39, 0.29) is 0 Å². The summed E-state index contributed by atoms with van der Waals surface area (Å²) in [6, 6.07) is 10.8. The first-order valence-corrected chi connectivity index (χ1v) is 5.08. The van der Waals surface area contributed by atoms with Gasteiger partial charge in [0.2, 0.25) is 0 Å². The van der Waals surface area contributed by atoms with Crippen LogP contribution >= 0.6 is 0 Å². The van der Waals surface area contributed by atoms with Crippen molar-refractivity contribution in [3.8, 4) is 5.75 Å². The molecule has 4 heteroatoms. The van der Waals surface area contributed by atoms with Gasteiger partial charge in [0, 0.05) is 5.39 Å². The number of carbonyl (C=O) groups excluding carboxylic acids is 1. The van der Waals surface area contributed by atoms with E-state index in [9.17, 15) is 4.79 Å². The molecule has 0 amide bonds. The first-order valence-electron chi connectivity index (χ1n) is 5.08. The topological polar surface area (TPSA) is 44.8 Å². The van der Waals surface area contributed by atoms with Crippen molar-refractivity contribution in [2.24, 2.45) is 0 Å². The minimum Gasteiger partial charge on any atom is -0.496 e. The third-order valence-corrected chi connectivity index (χ3v) is 2.48. The first-order chi connectivity index (χ1) is 8.27. The van der Waals surface area contributed by atoms with Crippen LogP contribution in [0.3, 0.4) is 0 Å². The Bertz CT molecular complexity index is 548. The highest BCUT2D eigenvalue weighted by Crippen LogP contribution is 2.28. The van der Waals surface area contributed by atoms with Crippen LogP contribution in [0.25, 0.3) is 10.8 Å². The number of methoxy groups -OCH3 is 1. The maximum Gasteiger partial charge on any atom is 0.373 e. The zero-order chi connectivity index (χ0) is 12.3. The van der Waals surface area contributed by atoms with Gasteiger partial charge in [0.1, 0.15) is 5.75 Å². The van der Waals surface area contributed by atoms with Gasteiger partial charge in [-0.2, -0.15) is 4.89 Å². The number of ether oxygens (including phenoxy) is 1. The molecular weight excluding hydrogens is 220 g/mol. The standard InChI is InChI=1S/C13H12O4/c1-15-12-8-4-5-9-10(12)6-3-7-11(9)13(14)17-16-2/h3-8H,1-2H3. The summed E-state index contributed by atoms with van der Waals surface area (Å²) in [5.41, 5.74) is 0.447. The van der Waals surface area contributed by atoms with Crippen molar-refractivity contribution in [1.29, 1.82) is 0 Å². The zero-order valence-corrected chi connectivity index (χ0v) is 9.60. The maximum atomic E-state index is 11.7. The van der Waals surface area contributed by atoms with Crippen LogP contribution < -0.4 is 4.74 Å². The predicted molar refractivity (Wildman–Crippen MR) is 62.9 cm³/mol. The van der Waals surface area contributed by atoms with Gasteiger partial charge < -0.3 is 4.74 Å². The molecule has 2 aromatic rings. The first kappa shape index (κ1) is 11.4. The van der Waals surface area contributed by atoms with Crippen molar-refractivity contribution >= 4 is 16.7 Å². The number of benzene rings is 2. The average Bonchev–Trinajstić information content (AvgIpc) is 2.37. The van der Waals surface area contributed by atoms with Crippen molar-refractivity contribution in [2.75, 3.05) is 14.2 Å². The zero-order valence-electron chi connectivity index (χ0n) is 9.60. The minimum absolute atomic E-state index is 0.447. The maximum absolute atomic E-state index is 11.7. The lowest BCUT2D eigenvalue weighted by Gasteiger charge is -2.08. The molecule has 0 saturated carbocycles. The molecular formula is C13H12O4. The molecule has 0 heterocycles. The van der Waals surface area contributed by atoms with E-state index >= 15 is 0 Å². The molecule has 0 atom stereocenters. The molecule has 0 radical (unpaired) electrons. The van der Waals surface area contributed by atoms with Gasteiger partial charge in [-0.05, 0) is 17.5 Å². The molecule has 0 N–H and O–H groups in total. The monoisotopic (exact) mass is 232 g/mol. The van der Waals surface area contributed by atoms with Crippen LogP contribution in [0, 0.1) is 0 Å². The fourth-order valence-corrected chi connectivity index (χ4v) is 1.76. The Kier molecular flexibility index (Phi) is 3.25. The van der Waals surface area contributed by atoms with Crippen molar-refractivity contribution in [3.05, 3.63) is 42.0 Å². The normalized spacial score (nSPS) is 10.2. The van der Waals surface area contributed by atoms with Gasteiger partial charge in [-0.3, -0.25) is 4.89 Å². The van der Waals surface area contributed by atoms with E-state index in [1.165, 1.54) is 7.11 Å². The number of hydrogen-bond donors (Lipinski definition) is 0. The predicted octanol–water partition coefficient (Wildman–Crippen LogP) is 2.57. The minimum atomic E-state index is -0.522. The molecule has 0 saturated heterocycles. The van der Waals surface area contributed by atoms with E-state index in [2.05, 4.69) is 9.78 Å². The molecule has 88 valence electrons. The van der Waals surface area contributed by atoms with Crippen LogP contribution in [0.2, 0.25) is 0 Å². The lowest BCUT2D eigenvalue weighted by atomic mass is 10.0. The Morgan fingerprint density at radius 1 is 1.00 bits per heavy atom. The SMILES string of the molecule is COOC(=O)c1cccc2c(OC)cccc12. The van der Waals surface area contributed by atoms with Gasteiger partial charge in [-0.15, -0.1) is 0 Å². The van der Waals surface area contributed by atoms with Gasteiger partial charge in [0.15, 0.2) is 0 Å². The average molecular weight is 232 g/mol. The summed E-state index contributed by atoms with van der Waals surface area (Å²) < 4.78 is 5.24. The van der Waals surface area contributed by atoms with Gasteiger partial charge in [-0.1, -0.05) is 24.3 Å².